The van der Waals surface area contributed by atoms with Gasteiger partial charge < -0.3 is 10.2 Å². The molecule has 0 radical (unpaired) electrons. The predicted octanol–water partition coefficient (Wildman–Crippen LogP) is 3.45. The van der Waals surface area contributed by atoms with Gasteiger partial charge >= 0.3 is 0 Å². The van der Waals surface area contributed by atoms with Crippen molar-refractivity contribution in [2.75, 3.05) is 26.2 Å². The van der Waals surface area contributed by atoms with E-state index in [1.807, 2.05) is 24.3 Å². The van der Waals surface area contributed by atoms with Crippen molar-refractivity contribution in [1.82, 2.24) is 10.2 Å². The number of likely N-dealkylation sites (tertiary alicyclic amines) is 1. The van der Waals surface area contributed by atoms with Crippen molar-refractivity contribution in [3.8, 4) is 0 Å². The Hall–Kier alpha value is -0.870. The smallest absolute Gasteiger partial charge is 0.251 e. The molecular weight excluding hydrogens is 316 g/mol. The van der Waals surface area contributed by atoms with Crippen molar-refractivity contribution < 1.29 is 4.79 Å². The van der Waals surface area contributed by atoms with E-state index in [-0.39, 0.29) is 5.91 Å². The Labute approximate surface area is 129 Å². The van der Waals surface area contributed by atoms with E-state index in [1.54, 1.807) is 0 Å². The van der Waals surface area contributed by atoms with Crippen molar-refractivity contribution in [2.45, 2.75) is 32.1 Å². The molecule has 3 nitrogen and oxygen atoms in total. The van der Waals surface area contributed by atoms with Crippen molar-refractivity contribution in [1.29, 1.82) is 0 Å². The quantitative estimate of drug-likeness (QED) is 0.805. The number of piperidine rings is 1. The van der Waals surface area contributed by atoms with Gasteiger partial charge in [-0.3, -0.25) is 4.79 Å². The molecule has 1 heterocycles. The van der Waals surface area contributed by atoms with Crippen molar-refractivity contribution in [3.05, 3.63) is 34.3 Å². The molecule has 1 saturated heterocycles. The number of hydrogen-bond acceptors (Lipinski definition) is 2. The number of carbonyl (C=O) groups is 1. The van der Waals surface area contributed by atoms with E-state index < -0.39 is 0 Å². The minimum Gasteiger partial charge on any atom is -0.352 e. The zero-order valence-electron chi connectivity index (χ0n) is 11.9. The van der Waals surface area contributed by atoms with Gasteiger partial charge in [0.15, 0.2) is 0 Å². The molecule has 0 aromatic heterocycles. The first-order chi connectivity index (χ1) is 9.75. The van der Waals surface area contributed by atoms with Crippen LogP contribution < -0.4 is 5.32 Å². The van der Waals surface area contributed by atoms with E-state index in [9.17, 15) is 4.79 Å². The third-order valence-corrected chi connectivity index (χ3v) is 4.27. The molecule has 4 heteroatoms. The summed E-state index contributed by atoms with van der Waals surface area (Å²) >= 11 is 3.37. The Bertz CT molecular complexity index is 413. The average Bonchev–Trinajstić information content (AvgIpc) is 2.48. The molecule has 1 aromatic carbocycles. The van der Waals surface area contributed by atoms with Gasteiger partial charge in [0.1, 0.15) is 0 Å². The molecular formula is C16H23BrN2O. The molecule has 1 amide bonds. The first-order valence-corrected chi connectivity index (χ1v) is 8.31. The molecule has 0 unspecified atom stereocenters. The summed E-state index contributed by atoms with van der Waals surface area (Å²) < 4.78 is 0.996. The Kier molecular flexibility index (Phi) is 6.54. The highest BCUT2D eigenvalue weighted by atomic mass is 79.9. The zero-order valence-corrected chi connectivity index (χ0v) is 13.5. The Morgan fingerprint density at radius 2 is 1.80 bits per heavy atom. The minimum absolute atomic E-state index is 0.0236. The molecule has 0 spiro atoms. The fraction of sp³-hybridized carbons (Fsp3) is 0.562. The number of benzene rings is 1. The van der Waals surface area contributed by atoms with Crippen molar-refractivity contribution in [2.24, 2.45) is 0 Å². The van der Waals surface area contributed by atoms with E-state index >= 15 is 0 Å². The van der Waals surface area contributed by atoms with Crippen LogP contribution in [0.15, 0.2) is 28.7 Å². The van der Waals surface area contributed by atoms with E-state index in [4.69, 9.17) is 0 Å². The van der Waals surface area contributed by atoms with Gasteiger partial charge in [-0.25, -0.2) is 0 Å². The fourth-order valence-corrected chi connectivity index (χ4v) is 2.81. The molecule has 20 heavy (non-hydrogen) atoms. The number of nitrogens with one attached hydrogen (secondary N) is 1. The first kappa shape index (κ1) is 15.5. The summed E-state index contributed by atoms with van der Waals surface area (Å²) in [5, 5.41) is 2.98. The normalized spacial score (nSPS) is 16.1. The maximum absolute atomic E-state index is 11.9. The average molecular weight is 339 g/mol. The predicted molar refractivity (Wildman–Crippen MR) is 86.0 cm³/mol. The van der Waals surface area contributed by atoms with Gasteiger partial charge in [0, 0.05) is 16.6 Å². The molecule has 0 saturated carbocycles. The lowest BCUT2D eigenvalue weighted by Gasteiger charge is -2.26. The summed E-state index contributed by atoms with van der Waals surface area (Å²) in [4.78, 5) is 14.4. The Balaban J connectivity index is 1.58. The van der Waals surface area contributed by atoms with E-state index in [1.165, 1.54) is 45.3 Å². The van der Waals surface area contributed by atoms with E-state index in [0.717, 1.165) is 23.0 Å². The summed E-state index contributed by atoms with van der Waals surface area (Å²) in [7, 11) is 0. The molecule has 1 N–H and O–H groups in total. The molecule has 0 bridgehead atoms. The standard InChI is InChI=1S/C16H23BrN2O/c17-15-8-6-14(7-9-15)16(20)18-10-2-5-13-19-11-3-1-4-12-19/h6-9H,1-5,10-13H2,(H,18,20). The van der Waals surface area contributed by atoms with Crippen LogP contribution in [-0.4, -0.2) is 37.0 Å². The monoisotopic (exact) mass is 338 g/mol. The van der Waals surface area contributed by atoms with Crippen LogP contribution in [0, 0.1) is 0 Å². The van der Waals surface area contributed by atoms with Crippen LogP contribution in [0.3, 0.4) is 0 Å². The molecule has 0 aliphatic carbocycles. The molecule has 1 fully saturated rings. The summed E-state index contributed by atoms with van der Waals surface area (Å²) in [6.07, 6.45) is 6.31. The van der Waals surface area contributed by atoms with Gasteiger partial charge in [0.2, 0.25) is 0 Å². The molecule has 1 aliphatic rings. The lowest BCUT2D eigenvalue weighted by Crippen LogP contribution is -2.31. The van der Waals surface area contributed by atoms with Crippen LogP contribution >= 0.6 is 15.9 Å². The van der Waals surface area contributed by atoms with Gasteiger partial charge in [-0.05, 0) is 69.6 Å². The van der Waals surface area contributed by atoms with Crippen LogP contribution in [0.25, 0.3) is 0 Å². The maximum Gasteiger partial charge on any atom is 0.251 e. The fourth-order valence-electron chi connectivity index (χ4n) is 2.55. The second kappa shape index (κ2) is 8.42. The summed E-state index contributed by atoms with van der Waals surface area (Å²) in [6, 6.07) is 7.47. The molecule has 1 aliphatic heterocycles. The van der Waals surface area contributed by atoms with E-state index in [2.05, 4.69) is 26.1 Å². The van der Waals surface area contributed by atoms with Crippen LogP contribution in [0.4, 0.5) is 0 Å². The SMILES string of the molecule is O=C(NCCCCN1CCCCC1)c1ccc(Br)cc1. The number of amides is 1. The van der Waals surface area contributed by atoms with Crippen molar-refractivity contribution >= 4 is 21.8 Å². The molecule has 0 atom stereocenters. The highest BCUT2D eigenvalue weighted by molar-refractivity contribution is 9.10. The summed E-state index contributed by atoms with van der Waals surface area (Å²) in [6.45, 7) is 4.45. The number of carbonyl (C=O) groups excluding carboxylic acids is 1. The second-order valence-corrected chi connectivity index (χ2v) is 6.29. The van der Waals surface area contributed by atoms with Gasteiger partial charge in [-0.15, -0.1) is 0 Å². The third kappa shape index (κ3) is 5.25. The topological polar surface area (TPSA) is 32.3 Å². The first-order valence-electron chi connectivity index (χ1n) is 7.52. The van der Waals surface area contributed by atoms with Crippen LogP contribution in [0.5, 0.6) is 0 Å². The number of unbranched alkanes of at least 4 members (excludes halogenated alkanes) is 1. The molecule has 1 aromatic rings. The Morgan fingerprint density at radius 1 is 1.10 bits per heavy atom. The Morgan fingerprint density at radius 3 is 2.50 bits per heavy atom. The second-order valence-electron chi connectivity index (χ2n) is 5.37. The van der Waals surface area contributed by atoms with Crippen LogP contribution in [0.2, 0.25) is 0 Å². The number of nitrogens with zero attached hydrogens (tertiary/aromatic N) is 1. The van der Waals surface area contributed by atoms with Gasteiger partial charge in [0.25, 0.3) is 5.91 Å². The van der Waals surface area contributed by atoms with Crippen molar-refractivity contribution in [3.63, 3.8) is 0 Å². The zero-order chi connectivity index (χ0) is 14.2. The van der Waals surface area contributed by atoms with Gasteiger partial charge in [0.05, 0.1) is 0 Å². The minimum atomic E-state index is 0.0236. The lowest BCUT2D eigenvalue weighted by molar-refractivity contribution is 0.0952. The number of halogens is 1. The molecule has 110 valence electrons. The molecule has 2 rings (SSSR count). The highest BCUT2D eigenvalue weighted by Gasteiger charge is 2.09. The van der Waals surface area contributed by atoms with Gasteiger partial charge in [-0.2, -0.15) is 0 Å². The third-order valence-electron chi connectivity index (χ3n) is 3.74. The maximum atomic E-state index is 11.9. The lowest BCUT2D eigenvalue weighted by atomic mass is 10.1. The number of hydrogen-bond donors (Lipinski definition) is 1. The highest BCUT2D eigenvalue weighted by Crippen LogP contribution is 2.11. The number of rotatable bonds is 6. The largest absolute Gasteiger partial charge is 0.352 e. The summed E-state index contributed by atoms with van der Waals surface area (Å²) in [5.74, 6) is 0.0236. The van der Waals surface area contributed by atoms with Crippen LogP contribution in [-0.2, 0) is 0 Å². The summed E-state index contributed by atoms with van der Waals surface area (Å²) in [5.41, 5.74) is 0.726. The van der Waals surface area contributed by atoms with E-state index in [0.29, 0.717) is 0 Å². The van der Waals surface area contributed by atoms with Crippen LogP contribution in [0.1, 0.15) is 42.5 Å². The van der Waals surface area contributed by atoms with Gasteiger partial charge in [-0.1, -0.05) is 22.4 Å².